The summed E-state index contributed by atoms with van der Waals surface area (Å²) < 4.78 is 28.6. The molecule has 0 aliphatic carbocycles. The third-order valence-electron chi connectivity index (χ3n) is 3.64. The van der Waals surface area contributed by atoms with Gasteiger partial charge in [-0.25, -0.2) is 4.31 Å². The van der Waals surface area contributed by atoms with E-state index in [0.717, 1.165) is 19.7 Å². The molecule has 0 aliphatic rings. The van der Waals surface area contributed by atoms with Gasteiger partial charge in [0.25, 0.3) is 0 Å². The maximum atomic E-state index is 12.8. The van der Waals surface area contributed by atoms with E-state index in [1.165, 1.54) is 37.2 Å². The number of carbonyl (C=O) groups excluding carboxylic acids is 1. The van der Waals surface area contributed by atoms with Crippen LogP contribution in [0.5, 0.6) is 0 Å². The van der Waals surface area contributed by atoms with Crippen LogP contribution in [0.15, 0.2) is 35.2 Å². The minimum atomic E-state index is -3.87. The van der Waals surface area contributed by atoms with Crippen LogP contribution in [0.3, 0.4) is 0 Å². The zero-order valence-corrected chi connectivity index (χ0v) is 18.6. The quantitative estimate of drug-likeness (QED) is 0.365. The van der Waals surface area contributed by atoms with Gasteiger partial charge in [-0.3, -0.25) is 10.1 Å². The second kappa shape index (κ2) is 9.50. The Morgan fingerprint density at radius 3 is 2.68 bits per heavy atom. The zero-order chi connectivity index (χ0) is 20.9. The molecule has 0 radical (unpaired) electrons. The molecule has 0 fully saturated rings. The van der Waals surface area contributed by atoms with E-state index in [4.69, 9.17) is 0 Å². The lowest BCUT2D eigenvalue weighted by Gasteiger charge is -2.28. The Kier molecular flexibility index (Phi) is 7.58. The highest BCUT2D eigenvalue weighted by Gasteiger charge is 2.28. The smallest absolute Gasteiger partial charge is 0.299 e. The first-order valence-electron chi connectivity index (χ1n) is 8.29. The fourth-order valence-electron chi connectivity index (χ4n) is 2.21. The van der Waals surface area contributed by atoms with Crippen LogP contribution in [0.25, 0.3) is 0 Å². The molecule has 0 unspecified atom stereocenters. The van der Waals surface area contributed by atoms with Crippen LogP contribution >= 0.6 is 23.1 Å². The number of rotatable bonds is 9. The monoisotopic (exact) mass is 441 g/mol. The lowest BCUT2D eigenvalue weighted by Crippen LogP contribution is -2.44. The summed E-state index contributed by atoms with van der Waals surface area (Å²) in [6, 6.07) is 5.47. The maximum Gasteiger partial charge on any atom is 0.304 e. The van der Waals surface area contributed by atoms with Gasteiger partial charge in [0.2, 0.25) is 11.0 Å². The molecule has 1 amide bonds. The number of amides is 1. The first-order valence-corrected chi connectivity index (χ1v) is 11.5. The number of anilines is 2. The Labute approximate surface area is 173 Å². The number of benzene rings is 1. The molecule has 8 nitrogen and oxygen atoms in total. The molecule has 0 bridgehead atoms. The van der Waals surface area contributed by atoms with Crippen molar-refractivity contribution in [2.45, 2.75) is 18.2 Å². The molecular weight excluding hydrogens is 418 g/mol. The molecule has 1 aromatic carbocycles. The molecule has 0 aliphatic heterocycles. The molecule has 0 atom stereocenters. The second-order valence-corrected chi connectivity index (χ2v) is 10.4. The van der Waals surface area contributed by atoms with Crippen LogP contribution in [0, 0.1) is 13.8 Å². The van der Waals surface area contributed by atoms with E-state index in [1.807, 2.05) is 19.1 Å². The Morgan fingerprint density at radius 2 is 2.04 bits per heavy atom. The number of nitrogens with zero attached hydrogens (tertiary/aromatic N) is 4. The van der Waals surface area contributed by atoms with Crippen molar-refractivity contribution < 1.29 is 13.2 Å². The Hall–Kier alpha value is -1.95. The number of thioether (sulfide) groups is 1. The van der Waals surface area contributed by atoms with E-state index in [9.17, 15) is 13.2 Å². The van der Waals surface area contributed by atoms with Crippen molar-refractivity contribution in [2.75, 3.05) is 36.0 Å². The van der Waals surface area contributed by atoms with E-state index < -0.39 is 16.1 Å². The summed E-state index contributed by atoms with van der Waals surface area (Å²) in [5.41, 5.74) is 2.11. The van der Waals surface area contributed by atoms with E-state index in [-0.39, 0.29) is 6.54 Å². The maximum absolute atomic E-state index is 12.8. The van der Waals surface area contributed by atoms with Gasteiger partial charge in [-0.1, -0.05) is 41.3 Å². The molecule has 1 aromatic heterocycles. The second-order valence-electron chi connectivity index (χ2n) is 6.11. The molecule has 0 saturated carbocycles. The molecule has 2 aromatic rings. The summed E-state index contributed by atoms with van der Waals surface area (Å²) >= 11 is 2.68. The van der Waals surface area contributed by atoms with Crippen molar-refractivity contribution in [2.24, 2.45) is 0 Å². The molecule has 152 valence electrons. The SMILES string of the molecule is C=CCSc1nnc(NC(=O)CN(c2cc(C)ccc2C)S(=O)(=O)N(C)C)s1. The van der Waals surface area contributed by atoms with Gasteiger partial charge in [-0.15, -0.1) is 16.8 Å². The largest absolute Gasteiger partial charge is 0.304 e. The van der Waals surface area contributed by atoms with Crippen LogP contribution in [-0.4, -0.2) is 55.2 Å². The van der Waals surface area contributed by atoms with Crippen molar-refractivity contribution >= 4 is 50.0 Å². The number of carbonyl (C=O) groups is 1. The minimum Gasteiger partial charge on any atom is -0.299 e. The number of hydrogen-bond acceptors (Lipinski definition) is 7. The predicted octanol–water partition coefficient (Wildman–Crippen LogP) is 2.68. The van der Waals surface area contributed by atoms with Gasteiger partial charge in [0.15, 0.2) is 4.34 Å². The highest BCUT2D eigenvalue weighted by molar-refractivity contribution is 8.01. The summed E-state index contributed by atoms with van der Waals surface area (Å²) in [6.45, 7) is 6.94. The molecule has 28 heavy (non-hydrogen) atoms. The van der Waals surface area contributed by atoms with Gasteiger partial charge >= 0.3 is 10.2 Å². The summed E-state index contributed by atoms with van der Waals surface area (Å²) in [6.07, 6.45) is 1.75. The average Bonchev–Trinajstić information content (AvgIpc) is 3.07. The molecule has 0 saturated heterocycles. The van der Waals surface area contributed by atoms with Crippen LogP contribution in [0.4, 0.5) is 10.8 Å². The van der Waals surface area contributed by atoms with Crippen molar-refractivity contribution in [1.82, 2.24) is 14.5 Å². The Bertz CT molecular complexity index is 957. The average molecular weight is 442 g/mol. The molecule has 11 heteroatoms. The minimum absolute atomic E-state index is 0.319. The third kappa shape index (κ3) is 5.53. The predicted molar refractivity (Wildman–Crippen MR) is 115 cm³/mol. The molecular formula is C17H23N5O3S3. The zero-order valence-electron chi connectivity index (χ0n) is 16.2. The lowest BCUT2D eigenvalue weighted by atomic mass is 10.1. The molecule has 1 heterocycles. The van der Waals surface area contributed by atoms with Crippen molar-refractivity contribution in [1.29, 1.82) is 0 Å². The van der Waals surface area contributed by atoms with Gasteiger partial charge in [-0.2, -0.15) is 12.7 Å². The molecule has 0 spiro atoms. The highest BCUT2D eigenvalue weighted by atomic mass is 32.2. The lowest BCUT2D eigenvalue weighted by molar-refractivity contribution is -0.114. The van der Waals surface area contributed by atoms with Crippen LogP contribution in [-0.2, 0) is 15.0 Å². The van der Waals surface area contributed by atoms with Gasteiger partial charge in [0, 0.05) is 19.8 Å². The highest BCUT2D eigenvalue weighted by Crippen LogP contribution is 2.27. The summed E-state index contributed by atoms with van der Waals surface area (Å²) in [5.74, 6) is 0.187. The number of hydrogen-bond donors (Lipinski definition) is 1. The molecule has 2 rings (SSSR count). The van der Waals surface area contributed by atoms with E-state index in [0.29, 0.717) is 20.9 Å². The number of aromatic nitrogens is 2. The van der Waals surface area contributed by atoms with Crippen LogP contribution < -0.4 is 9.62 Å². The van der Waals surface area contributed by atoms with E-state index in [1.54, 1.807) is 19.1 Å². The van der Waals surface area contributed by atoms with Crippen LogP contribution in [0.1, 0.15) is 11.1 Å². The van der Waals surface area contributed by atoms with Gasteiger partial charge in [0.1, 0.15) is 6.54 Å². The van der Waals surface area contributed by atoms with Gasteiger partial charge in [0.05, 0.1) is 5.69 Å². The van der Waals surface area contributed by atoms with Gasteiger partial charge < -0.3 is 0 Å². The normalized spacial score (nSPS) is 11.5. The fourth-order valence-corrected chi connectivity index (χ4v) is 4.86. The standard InChI is InChI=1S/C17H23N5O3S3/c1-6-9-26-17-20-19-16(27-17)18-15(23)11-22(28(24,25)21(4)5)14-10-12(2)7-8-13(14)3/h6-8,10H,1,9,11H2,2-5H3,(H,18,19,23). The van der Waals surface area contributed by atoms with E-state index in [2.05, 4.69) is 22.1 Å². The van der Waals surface area contributed by atoms with Crippen molar-refractivity contribution in [3.8, 4) is 0 Å². The van der Waals surface area contributed by atoms with Crippen LogP contribution in [0.2, 0.25) is 0 Å². The van der Waals surface area contributed by atoms with Gasteiger partial charge in [-0.05, 0) is 31.0 Å². The summed E-state index contributed by atoms with van der Waals surface area (Å²) in [5, 5.41) is 10.8. The van der Waals surface area contributed by atoms with Crippen molar-refractivity contribution in [3.05, 3.63) is 42.0 Å². The third-order valence-corrected chi connectivity index (χ3v) is 7.41. The van der Waals surface area contributed by atoms with Crippen molar-refractivity contribution in [3.63, 3.8) is 0 Å². The summed E-state index contributed by atoms with van der Waals surface area (Å²) in [7, 11) is -1.01. The topological polar surface area (TPSA) is 95.5 Å². The Morgan fingerprint density at radius 1 is 1.32 bits per heavy atom. The fraction of sp³-hybridized carbons (Fsp3) is 0.353. The van der Waals surface area contributed by atoms with E-state index >= 15 is 0 Å². The number of nitrogens with one attached hydrogen (secondary N) is 1. The summed E-state index contributed by atoms with van der Waals surface area (Å²) in [4.78, 5) is 12.6. The molecule has 1 N–H and O–H groups in total. The first kappa shape index (κ1) is 22.3. The number of aryl methyl sites for hydroxylation is 2. The Balaban J connectivity index is 2.25. The first-order chi connectivity index (χ1) is 13.1.